The first-order valence-corrected chi connectivity index (χ1v) is 17.5. The predicted octanol–water partition coefficient (Wildman–Crippen LogP) is 6.26. The topological polar surface area (TPSA) is 139 Å². The molecule has 6 rings (SSSR count). The Hall–Kier alpha value is -5.05. The summed E-state index contributed by atoms with van der Waals surface area (Å²) in [5.74, 6) is 0.594. The van der Waals surface area contributed by atoms with Gasteiger partial charge in [0.2, 0.25) is 6.10 Å². The summed E-state index contributed by atoms with van der Waals surface area (Å²) in [7, 11) is 5.74. The van der Waals surface area contributed by atoms with E-state index >= 15 is 0 Å². The van der Waals surface area contributed by atoms with Crippen LogP contribution in [0.2, 0.25) is 0 Å². The van der Waals surface area contributed by atoms with Crippen LogP contribution >= 0.6 is 0 Å². The number of hydrogen-bond acceptors (Lipinski definition) is 13. The second kappa shape index (κ2) is 17.4. The maximum absolute atomic E-state index is 13.0. The number of carbonyl (C=O) groups is 1. The van der Waals surface area contributed by atoms with Crippen LogP contribution in [0.15, 0.2) is 84.9 Å². The molecule has 4 atom stereocenters. The molecule has 0 aliphatic carbocycles. The Morgan fingerprint density at radius 3 is 2.11 bits per heavy atom. The van der Waals surface area contributed by atoms with Crippen molar-refractivity contribution in [2.75, 3.05) is 48.3 Å². The monoisotopic (exact) mass is 746 g/mol. The maximum atomic E-state index is 13.0. The number of methoxy groups -OCH3 is 4. The van der Waals surface area contributed by atoms with Gasteiger partial charge in [-0.25, -0.2) is 4.79 Å². The fourth-order valence-electron chi connectivity index (χ4n) is 6.16. The molecule has 13 nitrogen and oxygen atoms in total. The minimum atomic E-state index is -1.48. The molecule has 0 unspecified atom stereocenters. The third-order valence-electron chi connectivity index (χ3n) is 8.96. The Bertz CT molecular complexity index is 1860. The summed E-state index contributed by atoms with van der Waals surface area (Å²) in [4.78, 5) is 13.0. The molecule has 2 aliphatic rings. The number of esters is 1. The molecule has 2 saturated heterocycles. The van der Waals surface area contributed by atoms with E-state index in [9.17, 15) is 9.90 Å². The van der Waals surface area contributed by atoms with Crippen LogP contribution in [0.5, 0.6) is 34.5 Å². The van der Waals surface area contributed by atoms with Crippen LogP contribution in [-0.4, -0.2) is 77.3 Å². The van der Waals surface area contributed by atoms with Crippen LogP contribution in [0.1, 0.15) is 54.6 Å². The Morgan fingerprint density at radius 2 is 1.41 bits per heavy atom. The summed E-state index contributed by atoms with van der Waals surface area (Å²) in [5, 5.41) is 11.5. The summed E-state index contributed by atoms with van der Waals surface area (Å²) in [5.41, 5.74) is 2.85. The van der Waals surface area contributed by atoms with E-state index in [0.717, 1.165) is 16.7 Å². The number of hydrogen-bond donors (Lipinski definition) is 1. The molecule has 2 aliphatic heterocycles. The van der Waals surface area contributed by atoms with Crippen LogP contribution < -0.4 is 28.4 Å². The zero-order chi connectivity index (χ0) is 38.2. The summed E-state index contributed by atoms with van der Waals surface area (Å²) in [6, 6.07) is 25.4. The lowest BCUT2D eigenvalue weighted by Gasteiger charge is -2.41. The lowest BCUT2D eigenvalue weighted by molar-refractivity contribution is -0.302. The average Bonchev–Trinajstić information content (AvgIpc) is 3.75. The van der Waals surface area contributed by atoms with Gasteiger partial charge in [-0.1, -0.05) is 48.5 Å². The molecule has 0 amide bonds. The van der Waals surface area contributed by atoms with E-state index in [1.165, 1.54) is 21.3 Å². The predicted molar refractivity (Wildman–Crippen MR) is 194 cm³/mol. The molecule has 54 heavy (non-hydrogen) atoms. The highest BCUT2D eigenvalue weighted by molar-refractivity contribution is 5.76. The average molecular weight is 747 g/mol. The zero-order valence-corrected chi connectivity index (χ0v) is 31.1. The van der Waals surface area contributed by atoms with Crippen molar-refractivity contribution >= 4 is 5.97 Å². The van der Waals surface area contributed by atoms with Gasteiger partial charge in [-0.05, 0) is 66.9 Å². The van der Waals surface area contributed by atoms with Crippen molar-refractivity contribution in [2.45, 2.75) is 56.9 Å². The number of benzene rings is 4. The van der Waals surface area contributed by atoms with E-state index in [4.69, 9.17) is 52.1 Å². The van der Waals surface area contributed by atoms with Crippen molar-refractivity contribution in [1.29, 1.82) is 0 Å². The summed E-state index contributed by atoms with van der Waals surface area (Å²) < 4.78 is 64.2. The number of aliphatic hydroxyl groups is 1. The Kier molecular flexibility index (Phi) is 12.5. The highest BCUT2D eigenvalue weighted by Gasteiger charge is 2.40. The fraction of sp³-hybridized carbons (Fsp3) is 0.390. The second-order valence-electron chi connectivity index (χ2n) is 13.0. The van der Waals surface area contributed by atoms with Gasteiger partial charge in [0.25, 0.3) is 0 Å². The van der Waals surface area contributed by atoms with Gasteiger partial charge in [-0.3, -0.25) is 0 Å². The van der Waals surface area contributed by atoms with Gasteiger partial charge in [-0.2, -0.15) is 0 Å². The Morgan fingerprint density at radius 1 is 0.778 bits per heavy atom. The molecule has 0 spiro atoms. The SMILES string of the molecule is COC(=O)[C@@H](Oc1ccc(C2OCCO2)cc1OC)[C@@H](O)c1ccc(O[C@@H]2COC(C)(C)O[C@H]2c2ccc(OCc3ccccc3)c(OC)c2)c(OC)c1. The Labute approximate surface area is 314 Å². The number of carbonyl (C=O) groups excluding carboxylic acids is 1. The van der Waals surface area contributed by atoms with Crippen molar-refractivity contribution in [1.82, 2.24) is 0 Å². The summed E-state index contributed by atoms with van der Waals surface area (Å²) >= 11 is 0. The highest BCUT2D eigenvalue weighted by atomic mass is 16.7. The summed E-state index contributed by atoms with van der Waals surface area (Å²) in [6.45, 7) is 5.20. The van der Waals surface area contributed by atoms with Gasteiger partial charge in [0.15, 0.2) is 52.7 Å². The first kappa shape index (κ1) is 38.7. The van der Waals surface area contributed by atoms with Crippen molar-refractivity contribution in [3.63, 3.8) is 0 Å². The van der Waals surface area contributed by atoms with E-state index in [2.05, 4.69) is 0 Å². The van der Waals surface area contributed by atoms with E-state index in [-0.39, 0.29) is 12.4 Å². The minimum Gasteiger partial charge on any atom is -0.493 e. The molecule has 0 saturated carbocycles. The van der Waals surface area contributed by atoms with E-state index in [1.54, 1.807) is 43.5 Å². The first-order chi connectivity index (χ1) is 26.1. The van der Waals surface area contributed by atoms with Crippen molar-refractivity contribution in [3.8, 4) is 34.5 Å². The molecule has 288 valence electrons. The number of rotatable bonds is 15. The van der Waals surface area contributed by atoms with Gasteiger partial charge >= 0.3 is 5.97 Å². The highest BCUT2D eigenvalue weighted by Crippen LogP contribution is 2.42. The molecule has 2 heterocycles. The molecule has 2 fully saturated rings. The molecular weight excluding hydrogens is 700 g/mol. The first-order valence-electron chi connectivity index (χ1n) is 17.5. The zero-order valence-electron chi connectivity index (χ0n) is 31.1. The third kappa shape index (κ3) is 9.00. The lowest BCUT2D eigenvalue weighted by atomic mass is 10.0. The van der Waals surface area contributed by atoms with Crippen molar-refractivity contribution in [3.05, 3.63) is 107 Å². The molecular formula is C41H46O13. The molecule has 0 radical (unpaired) electrons. The van der Waals surface area contributed by atoms with E-state index < -0.39 is 42.5 Å². The van der Waals surface area contributed by atoms with Crippen LogP contribution in [0.3, 0.4) is 0 Å². The molecule has 13 heteroatoms. The van der Waals surface area contributed by atoms with Crippen molar-refractivity contribution in [2.24, 2.45) is 0 Å². The van der Waals surface area contributed by atoms with E-state index in [1.807, 2.05) is 62.4 Å². The smallest absolute Gasteiger partial charge is 0.350 e. The molecule has 1 N–H and O–H groups in total. The van der Waals surface area contributed by atoms with Crippen molar-refractivity contribution < 1.29 is 62.0 Å². The quantitative estimate of drug-likeness (QED) is 0.137. The van der Waals surface area contributed by atoms with Gasteiger partial charge in [0.1, 0.15) is 18.8 Å². The van der Waals surface area contributed by atoms with Crippen LogP contribution in [0, 0.1) is 0 Å². The van der Waals surface area contributed by atoms with Crippen LogP contribution in [0.25, 0.3) is 0 Å². The lowest BCUT2D eigenvalue weighted by Crippen LogP contribution is -2.46. The van der Waals surface area contributed by atoms with Gasteiger partial charge in [0.05, 0.1) is 48.3 Å². The number of ether oxygens (including phenoxy) is 11. The molecule has 0 aromatic heterocycles. The molecule has 4 aromatic rings. The van der Waals surface area contributed by atoms with Crippen LogP contribution in [0.4, 0.5) is 0 Å². The normalized spacial score (nSPS) is 19.3. The van der Waals surface area contributed by atoms with Gasteiger partial charge in [0, 0.05) is 5.56 Å². The Balaban J connectivity index is 1.21. The van der Waals surface area contributed by atoms with Gasteiger partial charge < -0.3 is 57.2 Å². The van der Waals surface area contributed by atoms with Gasteiger partial charge in [-0.15, -0.1) is 0 Å². The fourth-order valence-corrected chi connectivity index (χ4v) is 6.16. The summed E-state index contributed by atoms with van der Waals surface area (Å²) in [6.07, 6.45) is -4.68. The molecule has 0 bridgehead atoms. The van der Waals surface area contributed by atoms with Crippen LogP contribution in [-0.2, 0) is 35.1 Å². The maximum Gasteiger partial charge on any atom is 0.350 e. The third-order valence-corrected chi connectivity index (χ3v) is 8.96. The van der Waals surface area contributed by atoms with E-state index in [0.29, 0.717) is 54.1 Å². The number of aliphatic hydroxyl groups excluding tert-OH is 1. The largest absolute Gasteiger partial charge is 0.493 e. The molecule has 4 aromatic carbocycles. The second-order valence-corrected chi connectivity index (χ2v) is 13.0. The standard InChI is InChI=1S/C41H46O13/c1-41(2)51-24-35(37(54-41)27-13-15-29(32(21-27)44-3)50-23-25-10-8-7-9-11-25)52-30-16-12-26(20-33(30)45-4)36(42)38(39(43)47-6)53-31-17-14-28(22-34(31)46-5)40-48-18-19-49-40/h7-17,20-22,35-38,40,42H,18-19,23-24H2,1-6H3/t35-,36+,37+,38+/m1/s1. The minimum absolute atomic E-state index is 0.192.